The van der Waals surface area contributed by atoms with Gasteiger partial charge in [0.05, 0.1) is 19.3 Å². The van der Waals surface area contributed by atoms with Gasteiger partial charge >= 0.3 is 6.03 Å². The summed E-state index contributed by atoms with van der Waals surface area (Å²) in [7, 11) is 1.60. The van der Waals surface area contributed by atoms with Crippen LogP contribution < -0.4 is 19.7 Å². The van der Waals surface area contributed by atoms with Crippen LogP contribution in [-0.4, -0.2) is 25.8 Å². The van der Waals surface area contributed by atoms with Gasteiger partial charge in [-0.05, 0) is 43.2 Å². The number of fused-ring (bicyclic) bond motifs is 1. The van der Waals surface area contributed by atoms with Crippen molar-refractivity contribution >= 4 is 17.4 Å². The zero-order valence-electron chi connectivity index (χ0n) is 14.2. The van der Waals surface area contributed by atoms with Crippen LogP contribution >= 0.6 is 0 Å². The van der Waals surface area contributed by atoms with E-state index in [-0.39, 0.29) is 12.1 Å². The highest BCUT2D eigenvalue weighted by Gasteiger charge is 2.29. The molecular weight excluding hydrogens is 304 g/mol. The van der Waals surface area contributed by atoms with E-state index in [2.05, 4.69) is 12.2 Å². The Balaban J connectivity index is 1.87. The summed E-state index contributed by atoms with van der Waals surface area (Å²) < 4.78 is 11.2. The molecule has 5 nitrogen and oxygen atoms in total. The third-order valence-corrected chi connectivity index (χ3v) is 4.11. The second-order valence-corrected chi connectivity index (χ2v) is 5.89. The lowest BCUT2D eigenvalue weighted by Crippen LogP contribution is -2.45. The smallest absolute Gasteiger partial charge is 0.326 e. The maximum Gasteiger partial charge on any atom is 0.326 e. The first-order valence-corrected chi connectivity index (χ1v) is 8.10. The van der Waals surface area contributed by atoms with E-state index in [1.165, 1.54) is 0 Å². The molecule has 0 aromatic heterocycles. The number of hydrogen-bond donors (Lipinski definition) is 1. The molecule has 5 heteroatoms. The molecule has 0 unspecified atom stereocenters. The number of nitrogens with one attached hydrogen (secondary N) is 1. The van der Waals surface area contributed by atoms with Crippen LogP contribution in [0.3, 0.4) is 0 Å². The van der Waals surface area contributed by atoms with Crippen LogP contribution in [0.15, 0.2) is 42.5 Å². The van der Waals surface area contributed by atoms with Crippen molar-refractivity contribution in [3.8, 4) is 11.5 Å². The quantitative estimate of drug-likeness (QED) is 0.919. The number of anilines is 2. The molecule has 24 heavy (non-hydrogen) atoms. The predicted octanol–water partition coefficient (Wildman–Crippen LogP) is 4.21. The average Bonchev–Trinajstić information content (AvgIpc) is 2.60. The number of carbonyl (C=O) groups excluding carboxylic acids is 1. The van der Waals surface area contributed by atoms with Gasteiger partial charge in [0, 0.05) is 11.8 Å². The van der Waals surface area contributed by atoms with E-state index >= 15 is 0 Å². The van der Waals surface area contributed by atoms with Gasteiger partial charge in [-0.3, -0.25) is 4.90 Å². The molecule has 0 bridgehead atoms. The highest BCUT2D eigenvalue weighted by Crippen LogP contribution is 2.35. The maximum atomic E-state index is 12.8. The second-order valence-electron chi connectivity index (χ2n) is 5.89. The molecule has 0 fully saturated rings. The van der Waals surface area contributed by atoms with Crippen molar-refractivity contribution in [2.24, 2.45) is 0 Å². The van der Waals surface area contributed by atoms with E-state index in [0.717, 1.165) is 23.4 Å². The summed E-state index contributed by atoms with van der Waals surface area (Å²) in [6, 6.07) is 13.1. The Hall–Kier alpha value is -2.69. The number of hydrogen-bond acceptors (Lipinski definition) is 3. The van der Waals surface area contributed by atoms with E-state index in [0.29, 0.717) is 18.0 Å². The van der Waals surface area contributed by atoms with Gasteiger partial charge < -0.3 is 14.8 Å². The summed E-state index contributed by atoms with van der Waals surface area (Å²) in [4.78, 5) is 14.6. The number of urea groups is 1. The molecule has 0 saturated carbocycles. The molecule has 1 aliphatic heterocycles. The SMILES string of the molecule is CC[C@H]1CN(C(=O)Nc2cccc(OC)c2)c2cc(C)ccc2O1. The minimum atomic E-state index is -0.170. The van der Waals surface area contributed by atoms with E-state index < -0.39 is 0 Å². The standard InChI is InChI=1S/C19H22N2O3/c1-4-15-12-21(17-10-13(2)8-9-18(17)24-15)19(22)20-14-6-5-7-16(11-14)23-3/h5-11,15H,4,12H2,1-3H3,(H,20,22)/t15-/m0/s1. The molecule has 1 atom stereocenters. The average molecular weight is 326 g/mol. The van der Waals surface area contributed by atoms with Crippen LogP contribution in [0.5, 0.6) is 11.5 Å². The lowest BCUT2D eigenvalue weighted by molar-refractivity contribution is 0.188. The molecular formula is C19H22N2O3. The first-order valence-electron chi connectivity index (χ1n) is 8.10. The van der Waals surface area contributed by atoms with Gasteiger partial charge in [-0.2, -0.15) is 0 Å². The first-order chi connectivity index (χ1) is 11.6. The molecule has 1 heterocycles. The number of benzene rings is 2. The Morgan fingerprint density at radius 3 is 2.92 bits per heavy atom. The Kier molecular flexibility index (Phi) is 4.60. The number of amides is 2. The summed E-state index contributed by atoms with van der Waals surface area (Å²) in [6.07, 6.45) is 0.840. The van der Waals surface area contributed by atoms with E-state index in [9.17, 15) is 4.79 Å². The Labute approximate surface area is 142 Å². The van der Waals surface area contributed by atoms with Crippen molar-refractivity contribution in [2.45, 2.75) is 26.4 Å². The highest BCUT2D eigenvalue weighted by molar-refractivity contribution is 6.03. The molecule has 3 rings (SSSR count). The summed E-state index contributed by atoms with van der Waals surface area (Å²) in [5.41, 5.74) is 2.60. The van der Waals surface area contributed by atoms with Crippen molar-refractivity contribution in [1.82, 2.24) is 0 Å². The molecule has 0 radical (unpaired) electrons. The van der Waals surface area contributed by atoms with Crippen molar-refractivity contribution < 1.29 is 14.3 Å². The van der Waals surface area contributed by atoms with Gasteiger partial charge in [-0.1, -0.05) is 19.1 Å². The minimum absolute atomic E-state index is 0.00346. The monoisotopic (exact) mass is 326 g/mol. The third-order valence-electron chi connectivity index (χ3n) is 4.11. The number of aryl methyl sites for hydroxylation is 1. The number of ether oxygens (including phenoxy) is 2. The number of carbonyl (C=O) groups is 1. The molecule has 126 valence electrons. The van der Waals surface area contributed by atoms with Crippen LogP contribution in [0.25, 0.3) is 0 Å². The van der Waals surface area contributed by atoms with E-state index in [1.807, 2.05) is 43.3 Å². The number of methoxy groups -OCH3 is 1. The number of nitrogens with zero attached hydrogens (tertiary/aromatic N) is 1. The molecule has 0 spiro atoms. The van der Waals surface area contributed by atoms with E-state index in [1.54, 1.807) is 18.1 Å². The second kappa shape index (κ2) is 6.83. The normalized spacial score (nSPS) is 16.1. The van der Waals surface area contributed by atoms with E-state index in [4.69, 9.17) is 9.47 Å². The van der Waals surface area contributed by atoms with Crippen molar-refractivity contribution in [1.29, 1.82) is 0 Å². The summed E-state index contributed by atoms with van der Waals surface area (Å²) >= 11 is 0. The molecule has 1 N–H and O–H groups in total. The van der Waals surface area contributed by atoms with Crippen LogP contribution in [0.4, 0.5) is 16.2 Å². The molecule has 2 aromatic carbocycles. The van der Waals surface area contributed by atoms with Crippen LogP contribution in [0, 0.1) is 6.92 Å². The van der Waals surface area contributed by atoms with Crippen molar-refractivity contribution in [3.63, 3.8) is 0 Å². The summed E-state index contributed by atoms with van der Waals surface area (Å²) in [5.74, 6) is 1.46. The van der Waals surface area contributed by atoms with Gasteiger partial charge in [0.2, 0.25) is 0 Å². The molecule has 2 aromatic rings. The minimum Gasteiger partial charge on any atom is -0.497 e. The van der Waals surface area contributed by atoms with Crippen LogP contribution in [0.2, 0.25) is 0 Å². The van der Waals surface area contributed by atoms with Crippen molar-refractivity contribution in [3.05, 3.63) is 48.0 Å². The lowest BCUT2D eigenvalue weighted by Gasteiger charge is -2.34. The third kappa shape index (κ3) is 3.30. The molecule has 1 aliphatic rings. The fourth-order valence-corrected chi connectivity index (χ4v) is 2.75. The summed E-state index contributed by atoms with van der Waals surface area (Å²) in [5, 5.41) is 2.94. The van der Waals surface area contributed by atoms with Gasteiger partial charge in [-0.15, -0.1) is 0 Å². The van der Waals surface area contributed by atoms with Crippen molar-refractivity contribution in [2.75, 3.05) is 23.9 Å². The first kappa shape index (κ1) is 16.2. The van der Waals surface area contributed by atoms with Gasteiger partial charge in [0.15, 0.2) is 0 Å². The largest absolute Gasteiger partial charge is 0.497 e. The molecule has 2 amide bonds. The van der Waals surface area contributed by atoms with Gasteiger partial charge in [0.25, 0.3) is 0 Å². The highest BCUT2D eigenvalue weighted by atomic mass is 16.5. The van der Waals surface area contributed by atoms with Gasteiger partial charge in [-0.25, -0.2) is 4.79 Å². The zero-order chi connectivity index (χ0) is 17.1. The summed E-state index contributed by atoms with van der Waals surface area (Å²) in [6.45, 7) is 4.59. The topological polar surface area (TPSA) is 50.8 Å². The van der Waals surface area contributed by atoms with Gasteiger partial charge in [0.1, 0.15) is 17.6 Å². The number of rotatable bonds is 3. The fourth-order valence-electron chi connectivity index (χ4n) is 2.75. The maximum absolute atomic E-state index is 12.8. The molecule has 0 aliphatic carbocycles. The van der Waals surface area contributed by atoms with Crippen LogP contribution in [0.1, 0.15) is 18.9 Å². The van der Waals surface area contributed by atoms with Crippen LogP contribution in [-0.2, 0) is 0 Å². The molecule has 0 saturated heterocycles. The Morgan fingerprint density at radius 1 is 1.33 bits per heavy atom. The fraction of sp³-hybridized carbons (Fsp3) is 0.316. The zero-order valence-corrected chi connectivity index (χ0v) is 14.2. The Morgan fingerprint density at radius 2 is 2.17 bits per heavy atom. The predicted molar refractivity (Wildman–Crippen MR) is 95.2 cm³/mol. The lowest BCUT2D eigenvalue weighted by atomic mass is 10.1. The Bertz CT molecular complexity index is 745.